The number of benzene rings is 1. The number of hydrogen-bond acceptors (Lipinski definition) is 2. The van der Waals surface area contributed by atoms with Gasteiger partial charge in [0.05, 0.1) is 6.61 Å². The van der Waals surface area contributed by atoms with Gasteiger partial charge < -0.3 is 14.6 Å². The van der Waals surface area contributed by atoms with Gasteiger partial charge in [-0.15, -0.1) is 6.58 Å². The highest BCUT2D eigenvalue weighted by atomic mass is 16.5. The number of ether oxygens (including phenoxy) is 1. The summed E-state index contributed by atoms with van der Waals surface area (Å²) in [6, 6.07) is 7.93. The van der Waals surface area contributed by atoms with E-state index in [1.165, 1.54) is 0 Å². The average molecular weight is 272 g/mol. The summed E-state index contributed by atoms with van der Waals surface area (Å²) in [5, 5.41) is 3.85. The predicted octanol–water partition coefficient (Wildman–Crippen LogP) is 2.73. The molecule has 0 fully saturated rings. The largest absolute Gasteiger partial charge is 0.494 e. The van der Waals surface area contributed by atoms with E-state index in [9.17, 15) is 4.79 Å². The van der Waals surface area contributed by atoms with Crippen LogP contribution in [0.15, 0.2) is 43.1 Å². The van der Waals surface area contributed by atoms with E-state index in [4.69, 9.17) is 4.74 Å². The summed E-state index contributed by atoms with van der Waals surface area (Å²) in [4.78, 5) is 11.7. The maximum atomic E-state index is 11.7. The van der Waals surface area contributed by atoms with Crippen molar-refractivity contribution >= 4 is 16.8 Å². The molecule has 106 valence electrons. The van der Waals surface area contributed by atoms with Gasteiger partial charge in [0.25, 0.3) is 0 Å². The molecule has 0 bridgehead atoms. The normalized spacial score (nSPS) is 10.4. The minimum atomic E-state index is -0.0197. The molecule has 1 aromatic heterocycles. The molecule has 0 atom stereocenters. The number of carbonyl (C=O) groups is 1. The van der Waals surface area contributed by atoms with Gasteiger partial charge in [0, 0.05) is 23.6 Å². The molecule has 0 radical (unpaired) electrons. The van der Waals surface area contributed by atoms with Crippen LogP contribution in [0.2, 0.25) is 0 Å². The molecule has 0 aliphatic carbocycles. The minimum Gasteiger partial charge on any atom is -0.494 e. The maximum Gasteiger partial charge on any atom is 0.240 e. The third-order valence-electron chi connectivity index (χ3n) is 2.97. The summed E-state index contributed by atoms with van der Waals surface area (Å²) >= 11 is 0. The van der Waals surface area contributed by atoms with Crippen LogP contribution in [-0.2, 0) is 11.3 Å². The zero-order chi connectivity index (χ0) is 14.4. The molecular weight excluding hydrogens is 252 g/mol. The van der Waals surface area contributed by atoms with Gasteiger partial charge in [0.15, 0.2) is 0 Å². The first-order valence-corrected chi connectivity index (χ1v) is 6.84. The molecule has 0 unspecified atom stereocenters. The Morgan fingerprint density at radius 1 is 1.45 bits per heavy atom. The van der Waals surface area contributed by atoms with Gasteiger partial charge in [-0.1, -0.05) is 13.0 Å². The highest BCUT2D eigenvalue weighted by Crippen LogP contribution is 2.22. The van der Waals surface area contributed by atoms with Crippen molar-refractivity contribution in [2.75, 3.05) is 13.2 Å². The molecule has 1 aromatic carbocycles. The quantitative estimate of drug-likeness (QED) is 0.788. The van der Waals surface area contributed by atoms with Crippen molar-refractivity contribution < 1.29 is 9.53 Å². The summed E-state index contributed by atoms with van der Waals surface area (Å²) in [5.41, 5.74) is 1.03. The molecule has 2 aromatic rings. The van der Waals surface area contributed by atoms with Crippen molar-refractivity contribution in [2.45, 2.75) is 19.9 Å². The van der Waals surface area contributed by atoms with E-state index >= 15 is 0 Å². The average Bonchev–Trinajstić information content (AvgIpc) is 2.85. The van der Waals surface area contributed by atoms with Crippen molar-refractivity contribution in [3.8, 4) is 5.75 Å². The van der Waals surface area contributed by atoms with E-state index in [0.29, 0.717) is 13.1 Å². The summed E-state index contributed by atoms with van der Waals surface area (Å²) in [6.07, 6.45) is 4.58. The summed E-state index contributed by atoms with van der Waals surface area (Å²) in [5.74, 6) is 0.849. The highest BCUT2D eigenvalue weighted by molar-refractivity contribution is 5.84. The number of amides is 1. The number of carbonyl (C=O) groups excluding carboxylic acids is 1. The van der Waals surface area contributed by atoms with Crippen LogP contribution in [0.3, 0.4) is 0 Å². The highest BCUT2D eigenvalue weighted by Gasteiger charge is 2.06. The van der Waals surface area contributed by atoms with Crippen molar-refractivity contribution in [1.82, 2.24) is 9.88 Å². The van der Waals surface area contributed by atoms with Crippen LogP contribution in [0.1, 0.15) is 13.3 Å². The third-order valence-corrected chi connectivity index (χ3v) is 2.97. The minimum absolute atomic E-state index is 0.0197. The molecule has 1 amide bonds. The van der Waals surface area contributed by atoms with E-state index in [1.54, 1.807) is 6.08 Å². The Balaban J connectivity index is 2.11. The smallest absolute Gasteiger partial charge is 0.240 e. The first kappa shape index (κ1) is 14.2. The number of rotatable bonds is 7. The molecule has 0 aliphatic heterocycles. The fourth-order valence-corrected chi connectivity index (χ4v) is 2.02. The molecule has 4 heteroatoms. The van der Waals surface area contributed by atoms with Gasteiger partial charge in [-0.2, -0.15) is 0 Å². The van der Waals surface area contributed by atoms with Gasteiger partial charge in [0.2, 0.25) is 5.91 Å². The predicted molar refractivity (Wildman–Crippen MR) is 80.9 cm³/mol. The van der Waals surface area contributed by atoms with Crippen molar-refractivity contribution in [3.63, 3.8) is 0 Å². The fraction of sp³-hybridized carbons (Fsp3) is 0.312. The third kappa shape index (κ3) is 3.41. The topological polar surface area (TPSA) is 43.3 Å². The number of nitrogens with one attached hydrogen (secondary N) is 1. The summed E-state index contributed by atoms with van der Waals surface area (Å²) < 4.78 is 7.54. The number of hydrogen-bond donors (Lipinski definition) is 1. The van der Waals surface area contributed by atoms with Gasteiger partial charge in [-0.05, 0) is 30.7 Å². The molecule has 0 spiro atoms. The Morgan fingerprint density at radius 3 is 3.05 bits per heavy atom. The van der Waals surface area contributed by atoms with Crippen molar-refractivity contribution in [3.05, 3.63) is 43.1 Å². The number of nitrogens with zero attached hydrogens (tertiary/aromatic N) is 1. The van der Waals surface area contributed by atoms with Crippen LogP contribution in [0.5, 0.6) is 5.75 Å². The van der Waals surface area contributed by atoms with E-state index in [1.807, 2.05) is 35.0 Å². The molecule has 1 N–H and O–H groups in total. The van der Waals surface area contributed by atoms with Crippen molar-refractivity contribution in [1.29, 1.82) is 0 Å². The van der Waals surface area contributed by atoms with Crippen LogP contribution in [0, 0.1) is 0 Å². The lowest BCUT2D eigenvalue weighted by Crippen LogP contribution is -2.27. The number of fused-ring (bicyclic) bond motifs is 1. The first-order chi connectivity index (χ1) is 9.74. The molecule has 4 nitrogen and oxygen atoms in total. The van der Waals surface area contributed by atoms with E-state index < -0.39 is 0 Å². The Morgan fingerprint density at radius 2 is 2.30 bits per heavy atom. The Kier molecular flexibility index (Phi) is 4.82. The van der Waals surface area contributed by atoms with Crippen LogP contribution in [0.4, 0.5) is 0 Å². The number of aromatic nitrogens is 1. The van der Waals surface area contributed by atoms with Gasteiger partial charge in [0.1, 0.15) is 12.3 Å². The van der Waals surface area contributed by atoms with Gasteiger partial charge >= 0.3 is 0 Å². The molecule has 0 saturated heterocycles. The van der Waals surface area contributed by atoms with Crippen LogP contribution < -0.4 is 10.1 Å². The van der Waals surface area contributed by atoms with Crippen LogP contribution in [0.25, 0.3) is 10.9 Å². The Labute approximate surface area is 119 Å². The zero-order valence-electron chi connectivity index (χ0n) is 11.8. The summed E-state index contributed by atoms with van der Waals surface area (Å²) in [7, 11) is 0. The standard InChI is InChI=1S/C16H20N2O2/c1-3-8-17-16(19)12-18-9-7-13-11-14(20-10-4-2)5-6-15(13)18/h3,5-7,9,11H,1,4,8,10,12H2,2H3,(H,17,19). The molecule has 20 heavy (non-hydrogen) atoms. The summed E-state index contributed by atoms with van der Waals surface area (Å²) in [6.45, 7) is 7.18. The SMILES string of the molecule is C=CCNC(=O)Cn1ccc2cc(OCCC)ccc21. The Hall–Kier alpha value is -2.23. The lowest BCUT2D eigenvalue weighted by atomic mass is 10.2. The van der Waals surface area contributed by atoms with Crippen LogP contribution >= 0.6 is 0 Å². The lowest BCUT2D eigenvalue weighted by Gasteiger charge is -2.07. The van der Waals surface area contributed by atoms with Gasteiger partial charge in [-0.3, -0.25) is 4.79 Å². The second kappa shape index (κ2) is 6.80. The van der Waals surface area contributed by atoms with E-state index in [0.717, 1.165) is 29.7 Å². The lowest BCUT2D eigenvalue weighted by molar-refractivity contribution is -0.121. The van der Waals surface area contributed by atoms with Crippen molar-refractivity contribution in [2.24, 2.45) is 0 Å². The molecular formula is C16H20N2O2. The zero-order valence-corrected chi connectivity index (χ0v) is 11.8. The molecule has 0 aliphatic rings. The maximum absolute atomic E-state index is 11.7. The monoisotopic (exact) mass is 272 g/mol. The second-order valence-electron chi connectivity index (χ2n) is 4.61. The van der Waals surface area contributed by atoms with Crippen LogP contribution in [-0.4, -0.2) is 23.6 Å². The van der Waals surface area contributed by atoms with Gasteiger partial charge in [-0.25, -0.2) is 0 Å². The second-order valence-corrected chi connectivity index (χ2v) is 4.61. The molecule has 0 saturated carbocycles. The van der Waals surface area contributed by atoms with E-state index in [-0.39, 0.29) is 5.91 Å². The van der Waals surface area contributed by atoms with E-state index in [2.05, 4.69) is 18.8 Å². The molecule has 2 rings (SSSR count). The molecule has 1 heterocycles. The Bertz CT molecular complexity index is 602. The fourth-order valence-electron chi connectivity index (χ4n) is 2.02. The first-order valence-electron chi connectivity index (χ1n) is 6.84.